The molecule has 0 bridgehead atoms. The first-order valence-electron chi connectivity index (χ1n) is 9.55. The minimum atomic E-state index is 0.377. The van der Waals surface area contributed by atoms with Crippen LogP contribution in [0, 0.1) is 0 Å². The molecule has 1 aliphatic heterocycles. The van der Waals surface area contributed by atoms with E-state index in [4.69, 9.17) is 0 Å². The van der Waals surface area contributed by atoms with Crippen molar-refractivity contribution in [3.63, 3.8) is 0 Å². The molecule has 1 saturated heterocycles. The first-order chi connectivity index (χ1) is 13.3. The predicted octanol–water partition coefficient (Wildman–Crippen LogP) is 2.93. The molecule has 1 N–H and O–H groups in total. The van der Waals surface area contributed by atoms with Gasteiger partial charge in [-0.25, -0.2) is 9.97 Å². The zero-order chi connectivity index (χ0) is 18.5. The Labute approximate surface area is 159 Å². The van der Waals surface area contributed by atoms with Crippen LogP contribution in [0.4, 0.5) is 11.8 Å². The molecule has 0 aromatic carbocycles. The van der Waals surface area contributed by atoms with Crippen LogP contribution in [-0.4, -0.2) is 44.1 Å². The summed E-state index contributed by atoms with van der Waals surface area (Å²) in [6.07, 6.45) is 11.7. The molecule has 3 aromatic heterocycles. The lowest BCUT2D eigenvalue weighted by Crippen LogP contribution is -2.36. The van der Waals surface area contributed by atoms with E-state index < -0.39 is 0 Å². The number of anilines is 2. The molecule has 7 nitrogen and oxygen atoms in total. The second-order valence-electron chi connectivity index (χ2n) is 6.83. The van der Waals surface area contributed by atoms with Crippen molar-refractivity contribution >= 4 is 11.8 Å². The molecule has 1 atom stereocenters. The Morgan fingerprint density at radius 2 is 2.00 bits per heavy atom. The quantitative estimate of drug-likeness (QED) is 0.726. The van der Waals surface area contributed by atoms with Crippen LogP contribution >= 0.6 is 0 Å². The van der Waals surface area contributed by atoms with Crippen molar-refractivity contribution in [3.05, 3.63) is 60.6 Å². The van der Waals surface area contributed by atoms with Crippen LogP contribution in [0.3, 0.4) is 0 Å². The summed E-state index contributed by atoms with van der Waals surface area (Å²) >= 11 is 0. The minimum Gasteiger partial charge on any atom is -0.370 e. The second kappa shape index (κ2) is 8.16. The number of rotatable bonds is 6. The Morgan fingerprint density at radius 3 is 2.85 bits per heavy atom. The Balaban J connectivity index is 1.51. The van der Waals surface area contributed by atoms with Gasteiger partial charge in [0.25, 0.3) is 0 Å². The van der Waals surface area contributed by atoms with E-state index in [1.807, 2.05) is 30.9 Å². The highest BCUT2D eigenvalue weighted by atomic mass is 15.3. The van der Waals surface area contributed by atoms with Gasteiger partial charge in [-0.05, 0) is 43.5 Å². The SMILES string of the molecule is CCNc1ccnc(N2CCC[C@@H](c3nccn3Cc3ccncc3)C2)n1. The minimum absolute atomic E-state index is 0.377. The van der Waals surface area contributed by atoms with Gasteiger partial charge >= 0.3 is 0 Å². The van der Waals surface area contributed by atoms with Gasteiger partial charge in [0.05, 0.1) is 0 Å². The van der Waals surface area contributed by atoms with Gasteiger partial charge in [0.15, 0.2) is 0 Å². The van der Waals surface area contributed by atoms with E-state index in [2.05, 4.69) is 60.0 Å². The van der Waals surface area contributed by atoms with Gasteiger partial charge in [-0.2, -0.15) is 4.98 Å². The monoisotopic (exact) mass is 363 g/mol. The number of piperidine rings is 1. The maximum atomic E-state index is 4.68. The van der Waals surface area contributed by atoms with E-state index in [1.54, 1.807) is 0 Å². The van der Waals surface area contributed by atoms with Crippen molar-refractivity contribution in [1.29, 1.82) is 0 Å². The molecule has 7 heteroatoms. The molecule has 140 valence electrons. The van der Waals surface area contributed by atoms with Crippen LogP contribution in [-0.2, 0) is 6.54 Å². The van der Waals surface area contributed by atoms with E-state index in [-0.39, 0.29) is 0 Å². The number of hydrogen-bond acceptors (Lipinski definition) is 6. The lowest BCUT2D eigenvalue weighted by atomic mass is 9.97. The summed E-state index contributed by atoms with van der Waals surface area (Å²) in [6, 6.07) is 6.02. The molecule has 0 amide bonds. The number of hydrogen-bond donors (Lipinski definition) is 1. The predicted molar refractivity (Wildman–Crippen MR) is 106 cm³/mol. The Morgan fingerprint density at radius 1 is 1.11 bits per heavy atom. The van der Waals surface area contributed by atoms with Gasteiger partial charge in [0.2, 0.25) is 5.95 Å². The number of nitrogens with zero attached hydrogens (tertiary/aromatic N) is 6. The summed E-state index contributed by atoms with van der Waals surface area (Å²) < 4.78 is 2.25. The maximum Gasteiger partial charge on any atom is 0.227 e. The third-order valence-corrected chi connectivity index (χ3v) is 4.92. The summed E-state index contributed by atoms with van der Waals surface area (Å²) in [6.45, 7) is 5.62. The molecule has 1 fully saturated rings. The number of nitrogens with one attached hydrogen (secondary N) is 1. The highest BCUT2D eigenvalue weighted by Gasteiger charge is 2.26. The second-order valence-corrected chi connectivity index (χ2v) is 6.83. The standard InChI is InChI=1S/C20H25N7/c1-2-22-18-7-10-24-20(25-18)27-12-3-4-17(15-27)19-23-11-13-26(19)14-16-5-8-21-9-6-16/h5-11,13,17H,2-4,12,14-15H2,1H3,(H,22,24,25)/t17-/m1/s1. The zero-order valence-electron chi connectivity index (χ0n) is 15.6. The average molecular weight is 363 g/mol. The van der Waals surface area contributed by atoms with Crippen LogP contribution in [0.25, 0.3) is 0 Å². The fourth-order valence-electron chi connectivity index (χ4n) is 3.65. The van der Waals surface area contributed by atoms with Crippen LogP contribution in [0.5, 0.6) is 0 Å². The number of imidazole rings is 1. The molecule has 3 aromatic rings. The van der Waals surface area contributed by atoms with E-state index in [1.165, 1.54) is 5.56 Å². The fourth-order valence-corrected chi connectivity index (χ4v) is 3.65. The van der Waals surface area contributed by atoms with E-state index in [0.29, 0.717) is 5.92 Å². The third kappa shape index (κ3) is 4.07. The van der Waals surface area contributed by atoms with Gasteiger partial charge in [-0.15, -0.1) is 0 Å². The number of pyridine rings is 1. The summed E-state index contributed by atoms with van der Waals surface area (Å²) in [5, 5.41) is 3.26. The lowest BCUT2D eigenvalue weighted by Gasteiger charge is -2.32. The summed E-state index contributed by atoms with van der Waals surface area (Å²) in [5.74, 6) is 3.19. The van der Waals surface area contributed by atoms with Crippen LogP contribution in [0.2, 0.25) is 0 Å². The lowest BCUT2D eigenvalue weighted by molar-refractivity contribution is 0.471. The highest BCUT2D eigenvalue weighted by Crippen LogP contribution is 2.28. The summed E-state index contributed by atoms with van der Waals surface area (Å²) in [5.41, 5.74) is 1.23. The first kappa shape index (κ1) is 17.5. The molecule has 0 aliphatic carbocycles. The van der Waals surface area contributed by atoms with Gasteiger partial charge in [-0.3, -0.25) is 4.98 Å². The molecular formula is C20H25N7. The third-order valence-electron chi connectivity index (χ3n) is 4.92. The fraction of sp³-hybridized carbons (Fsp3) is 0.400. The summed E-state index contributed by atoms with van der Waals surface area (Å²) in [4.78, 5) is 20.2. The van der Waals surface area contributed by atoms with Crippen LogP contribution in [0.1, 0.15) is 37.1 Å². The molecular weight excluding hydrogens is 338 g/mol. The molecule has 1 aliphatic rings. The van der Waals surface area contributed by atoms with Crippen molar-refractivity contribution in [2.75, 3.05) is 29.9 Å². The zero-order valence-corrected chi connectivity index (χ0v) is 15.6. The first-order valence-corrected chi connectivity index (χ1v) is 9.55. The molecule has 0 spiro atoms. The molecule has 4 rings (SSSR count). The van der Waals surface area contributed by atoms with Crippen LogP contribution < -0.4 is 10.2 Å². The van der Waals surface area contributed by atoms with Crippen molar-refractivity contribution in [1.82, 2.24) is 24.5 Å². The van der Waals surface area contributed by atoms with Gasteiger partial charge in [-0.1, -0.05) is 0 Å². The van der Waals surface area contributed by atoms with Gasteiger partial charge in [0.1, 0.15) is 11.6 Å². The van der Waals surface area contributed by atoms with Gasteiger partial charge < -0.3 is 14.8 Å². The van der Waals surface area contributed by atoms with Gasteiger partial charge in [0, 0.05) is 63.1 Å². The molecule has 0 saturated carbocycles. The molecule has 4 heterocycles. The smallest absolute Gasteiger partial charge is 0.227 e. The largest absolute Gasteiger partial charge is 0.370 e. The average Bonchev–Trinajstić information content (AvgIpc) is 3.17. The maximum absolute atomic E-state index is 4.68. The molecule has 27 heavy (non-hydrogen) atoms. The molecule has 0 radical (unpaired) electrons. The molecule has 0 unspecified atom stereocenters. The summed E-state index contributed by atoms with van der Waals surface area (Å²) in [7, 11) is 0. The van der Waals surface area contributed by atoms with Crippen molar-refractivity contribution in [2.24, 2.45) is 0 Å². The van der Waals surface area contributed by atoms with E-state index in [9.17, 15) is 0 Å². The Hall–Kier alpha value is -2.96. The Kier molecular flexibility index (Phi) is 5.27. The topological polar surface area (TPSA) is 71.8 Å². The normalized spacial score (nSPS) is 17.1. The highest BCUT2D eigenvalue weighted by molar-refractivity contribution is 5.41. The van der Waals surface area contributed by atoms with E-state index >= 15 is 0 Å². The Bertz CT molecular complexity index is 862. The van der Waals surface area contributed by atoms with Crippen molar-refractivity contribution < 1.29 is 0 Å². The van der Waals surface area contributed by atoms with Crippen molar-refractivity contribution in [2.45, 2.75) is 32.2 Å². The number of aromatic nitrogens is 5. The van der Waals surface area contributed by atoms with Crippen molar-refractivity contribution in [3.8, 4) is 0 Å². The van der Waals surface area contributed by atoms with Crippen LogP contribution in [0.15, 0.2) is 49.2 Å². The van der Waals surface area contributed by atoms with E-state index in [0.717, 1.165) is 56.6 Å².